The van der Waals surface area contributed by atoms with Crippen LogP contribution in [0.5, 0.6) is 0 Å². The lowest BCUT2D eigenvalue weighted by Crippen LogP contribution is -2.30. The van der Waals surface area contributed by atoms with Gasteiger partial charge in [-0.05, 0) is 54.9 Å². The molecule has 0 aliphatic carbocycles. The molecule has 0 radical (unpaired) electrons. The topological polar surface area (TPSA) is 41.0 Å². The Hall–Kier alpha value is -2.66. The summed E-state index contributed by atoms with van der Waals surface area (Å²) in [6.45, 7) is 0.809. The number of H-pyrrole nitrogens is 1. The van der Waals surface area contributed by atoms with Gasteiger partial charge in [-0.1, -0.05) is 30.3 Å². The quantitative estimate of drug-likeness (QED) is 0.707. The van der Waals surface area contributed by atoms with Crippen molar-refractivity contribution in [3.8, 4) is 5.69 Å². The fourth-order valence-corrected chi connectivity index (χ4v) is 3.72. The van der Waals surface area contributed by atoms with Crippen molar-refractivity contribution >= 4 is 18.1 Å². The van der Waals surface area contributed by atoms with E-state index >= 15 is 0 Å². The van der Waals surface area contributed by atoms with Crippen LogP contribution >= 0.6 is 12.2 Å². The predicted octanol–water partition coefficient (Wildman–Crippen LogP) is 4.51. The number of nitrogens with one attached hydrogen (secondary N) is 1. The average Bonchev–Trinajstić information content (AvgIpc) is 3.31. The number of likely N-dealkylation sites (tertiary alicyclic amines) is 1. The van der Waals surface area contributed by atoms with E-state index < -0.39 is 0 Å². The smallest absolute Gasteiger partial charge is 0.254 e. The van der Waals surface area contributed by atoms with E-state index in [1.807, 2.05) is 58.1 Å². The zero-order chi connectivity index (χ0) is 17.2. The van der Waals surface area contributed by atoms with Gasteiger partial charge in [0.25, 0.3) is 5.91 Å². The first kappa shape index (κ1) is 15.8. The van der Waals surface area contributed by atoms with Crippen LogP contribution in [0.1, 0.15) is 34.8 Å². The standard InChI is InChI=1S/C20H19N3OS/c24-19(23-13-4-7-18(23)15-5-2-1-3-6-15)16-8-10-17(11-9-16)22-14-12-21-20(22)25/h1-3,5-6,8-12,14,18H,4,7,13H2,(H,21,25)/t18-/m1/s1. The van der Waals surface area contributed by atoms with Crippen LogP contribution in [0.3, 0.4) is 0 Å². The zero-order valence-electron chi connectivity index (χ0n) is 13.8. The van der Waals surface area contributed by atoms with Gasteiger partial charge in [-0.3, -0.25) is 9.36 Å². The van der Waals surface area contributed by atoms with E-state index in [-0.39, 0.29) is 11.9 Å². The number of hydrogen-bond donors (Lipinski definition) is 1. The lowest BCUT2D eigenvalue weighted by molar-refractivity contribution is 0.0735. The number of hydrogen-bond acceptors (Lipinski definition) is 2. The predicted molar refractivity (Wildman–Crippen MR) is 100 cm³/mol. The summed E-state index contributed by atoms with van der Waals surface area (Å²) in [7, 11) is 0. The minimum Gasteiger partial charge on any atom is -0.337 e. The maximum Gasteiger partial charge on any atom is 0.254 e. The van der Waals surface area contributed by atoms with Gasteiger partial charge in [-0.25, -0.2) is 0 Å². The Morgan fingerprint density at radius 3 is 2.52 bits per heavy atom. The molecule has 3 aromatic rings. The molecule has 0 saturated carbocycles. The Morgan fingerprint density at radius 1 is 1.08 bits per heavy atom. The van der Waals surface area contributed by atoms with Crippen LogP contribution in [0, 0.1) is 4.77 Å². The van der Waals surface area contributed by atoms with E-state index in [1.165, 1.54) is 5.56 Å². The van der Waals surface area contributed by atoms with Crippen molar-refractivity contribution < 1.29 is 4.79 Å². The summed E-state index contributed by atoms with van der Waals surface area (Å²) in [5, 5.41) is 0. The highest BCUT2D eigenvalue weighted by Gasteiger charge is 2.30. The van der Waals surface area contributed by atoms with Gasteiger partial charge < -0.3 is 9.88 Å². The Bertz CT molecular complexity index is 927. The highest BCUT2D eigenvalue weighted by Crippen LogP contribution is 2.33. The van der Waals surface area contributed by atoms with Crippen LogP contribution < -0.4 is 0 Å². The summed E-state index contributed by atoms with van der Waals surface area (Å²) in [6, 6.07) is 18.1. The summed E-state index contributed by atoms with van der Waals surface area (Å²) in [5.74, 6) is 0.0931. The lowest BCUT2D eigenvalue weighted by atomic mass is 10.0. The second kappa shape index (κ2) is 6.69. The first-order chi connectivity index (χ1) is 12.2. The molecule has 0 spiro atoms. The van der Waals surface area contributed by atoms with Crippen molar-refractivity contribution in [1.29, 1.82) is 0 Å². The minimum atomic E-state index is 0.0931. The van der Waals surface area contributed by atoms with E-state index in [0.717, 1.165) is 25.1 Å². The van der Waals surface area contributed by atoms with Gasteiger partial charge in [-0.15, -0.1) is 0 Å². The molecule has 1 saturated heterocycles. The van der Waals surface area contributed by atoms with Crippen molar-refractivity contribution in [2.24, 2.45) is 0 Å². The third-order valence-corrected chi connectivity index (χ3v) is 5.05. The molecule has 25 heavy (non-hydrogen) atoms. The van der Waals surface area contributed by atoms with Crippen LogP contribution in [-0.2, 0) is 0 Å². The zero-order valence-corrected chi connectivity index (χ0v) is 14.6. The van der Waals surface area contributed by atoms with Crippen LogP contribution in [0.25, 0.3) is 5.69 Å². The number of imidazole rings is 1. The van der Waals surface area contributed by atoms with E-state index in [1.54, 1.807) is 6.20 Å². The van der Waals surface area contributed by atoms with Crippen LogP contribution in [0.4, 0.5) is 0 Å². The Morgan fingerprint density at radius 2 is 1.84 bits per heavy atom. The monoisotopic (exact) mass is 349 g/mol. The molecule has 126 valence electrons. The second-order valence-corrected chi connectivity index (χ2v) is 6.64. The molecular weight excluding hydrogens is 330 g/mol. The van der Waals surface area contributed by atoms with Crippen LogP contribution in [0.2, 0.25) is 0 Å². The molecule has 1 fully saturated rings. The molecule has 5 heteroatoms. The van der Waals surface area contributed by atoms with Gasteiger partial charge in [0.05, 0.1) is 6.04 Å². The number of aromatic amines is 1. The second-order valence-electron chi connectivity index (χ2n) is 6.25. The van der Waals surface area contributed by atoms with Gasteiger partial charge >= 0.3 is 0 Å². The first-order valence-corrected chi connectivity index (χ1v) is 8.87. The summed E-state index contributed by atoms with van der Waals surface area (Å²) in [6.07, 6.45) is 5.75. The fourth-order valence-electron chi connectivity index (χ4n) is 3.49. The lowest BCUT2D eigenvalue weighted by Gasteiger charge is -2.25. The summed E-state index contributed by atoms with van der Waals surface area (Å²) in [5.41, 5.74) is 2.88. The van der Waals surface area contributed by atoms with Gasteiger partial charge in [-0.2, -0.15) is 0 Å². The number of benzene rings is 2. The van der Waals surface area contributed by atoms with Crippen LogP contribution in [-0.4, -0.2) is 26.9 Å². The molecule has 1 aromatic heterocycles. The van der Waals surface area contributed by atoms with E-state index in [4.69, 9.17) is 12.2 Å². The third-order valence-electron chi connectivity index (χ3n) is 4.74. The average molecular weight is 349 g/mol. The van der Waals surface area contributed by atoms with E-state index in [9.17, 15) is 4.79 Å². The largest absolute Gasteiger partial charge is 0.337 e. The molecule has 0 bridgehead atoms. The molecule has 1 aliphatic heterocycles. The van der Waals surface area contributed by atoms with Crippen molar-refractivity contribution in [3.05, 3.63) is 82.9 Å². The van der Waals surface area contributed by atoms with Crippen molar-refractivity contribution in [2.75, 3.05) is 6.54 Å². The van der Waals surface area contributed by atoms with Gasteiger partial charge in [0.15, 0.2) is 4.77 Å². The SMILES string of the molecule is O=C(c1ccc(-n2cc[nH]c2=S)cc1)N1CCC[C@@H]1c1ccccc1. The van der Waals surface area contributed by atoms with Gasteiger partial charge in [0, 0.05) is 30.2 Å². The van der Waals surface area contributed by atoms with Crippen molar-refractivity contribution in [2.45, 2.75) is 18.9 Å². The summed E-state index contributed by atoms with van der Waals surface area (Å²) >= 11 is 5.24. The normalized spacial score (nSPS) is 17.0. The number of carbonyl (C=O) groups is 1. The third kappa shape index (κ3) is 3.03. The molecule has 1 aliphatic rings. The molecule has 2 aromatic carbocycles. The van der Waals surface area contributed by atoms with E-state index in [0.29, 0.717) is 10.3 Å². The molecule has 4 nitrogen and oxygen atoms in total. The molecule has 1 N–H and O–H groups in total. The Kier molecular flexibility index (Phi) is 4.24. The number of amides is 1. The number of carbonyl (C=O) groups excluding carboxylic acids is 1. The molecule has 1 amide bonds. The molecule has 0 unspecified atom stereocenters. The highest BCUT2D eigenvalue weighted by molar-refractivity contribution is 7.71. The van der Waals surface area contributed by atoms with Crippen molar-refractivity contribution in [1.82, 2.24) is 14.5 Å². The summed E-state index contributed by atoms with van der Waals surface area (Å²) < 4.78 is 2.52. The fraction of sp³-hybridized carbons (Fsp3) is 0.200. The summed E-state index contributed by atoms with van der Waals surface area (Å²) in [4.78, 5) is 18.0. The number of nitrogens with zero attached hydrogens (tertiary/aromatic N) is 2. The van der Waals surface area contributed by atoms with Crippen LogP contribution in [0.15, 0.2) is 67.0 Å². The highest BCUT2D eigenvalue weighted by atomic mass is 32.1. The minimum absolute atomic E-state index is 0.0931. The molecular formula is C20H19N3OS. The van der Waals surface area contributed by atoms with Gasteiger partial charge in [0.1, 0.15) is 0 Å². The molecule has 2 heterocycles. The Balaban J connectivity index is 1.58. The first-order valence-electron chi connectivity index (χ1n) is 8.46. The maximum absolute atomic E-state index is 13.0. The molecule has 4 rings (SSSR count). The number of rotatable bonds is 3. The van der Waals surface area contributed by atoms with E-state index in [2.05, 4.69) is 17.1 Å². The molecule has 1 atom stereocenters. The number of aromatic nitrogens is 2. The maximum atomic E-state index is 13.0. The van der Waals surface area contributed by atoms with Crippen molar-refractivity contribution in [3.63, 3.8) is 0 Å². The van der Waals surface area contributed by atoms with Gasteiger partial charge in [0.2, 0.25) is 0 Å². The Labute approximate surface area is 151 Å².